The molecule has 11 heteroatoms. The van der Waals surface area contributed by atoms with Crippen LogP contribution in [0.2, 0.25) is 0 Å². The molecule has 6 heterocycles. The normalized spacial score (nSPS) is 16.1. The zero-order valence-corrected chi connectivity index (χ0v) is 21.1. The molecular weight excluding hydrogens is 475 g/mol. The van der Waals surface area contributed by atoms with E-state index in [1.165, 1.54) is 0 Å². The Kier molecular flexibility index (Phi) is 5.43. The number of halogens is 1. The lowest BCUT2D eigenvalue weighted by molar-refractivity contribution is 0.286. The Labute approximate surface area is 212 Å². The Bertz CT molecular complexity index is 1720. The fourth-order valence-corrected chi connectivity index (χ4v) is 5.20. The lowest BCUT2D eigenvalue weighted by Gasteiger charge is -2.30. The highest BCUT2D eigenvalue weighted by atomic mass is 19.1. The van der Waals surface area contributed by atoms with E-state index in [-0.39, 0.29) is 12.2 Å². The SMILES string of the molecule is COc1ccncc1-c1cc2c(cnn2-c2cc3c(c(N4CCCC(F)C4)n2)n(C)c(=O)n3C)c(C)n1. The highest BCUT2D eigenvalue weighted by Crippen LogP contribution is 2.33. The van der Waals surface area contributed by atoms with Gasteiger partial charge in [-0.25, -0.2) is 18.9 Å². The van der Waals surface area contributed by atoms with Gasteiger partial charge in [-0.05, 0) is 31.9 Å². The zero-order valence-electron chi connectivity index (χ0n) is 21.1. The first-order valence-corrected chi connectivity index (χ1v) is 12.2. The molecule has 1 aliphatic rings. The lowest BCUT2D eigenvalue weighted by Crippen LogP contribution is -2.37. The monoisotopic (exact) mass is 502 g/mol. The number of hydrogen-bond acceptors (Lipinski definition) is 7. The number of alkyl halides is 1. The first-order chi connectivity index (χ1) is 17.9. The maximum absolute atomic E-state index is 14.4. The second-order valence-electron chi connectivity index (χ2n) is 9.42. The highest BCUT2D eigenvalue weighted by molar-refractivity contribution is 5.91. The number of hydrogen-bond donors (Lipinski definition) is 0. The molecule has 0 bridgehead atoms. The molecule has 0 amide bonds. The first kappa shape index (κ1) is 23.1. The van der Waals surface area contributed by atoms with E-state index in [2.05, 4.69) is 10.1 Å². The minimum absolute atomic E-state index is 0.166. The third kappa shape index (κ3) is 3.64. The Hall–Kier alpha value is -4.28. The maximum Gasteiger partial charge on any atom is 0.328 e. The second-order valence-corrected chi connectivity index (χ2v) is 9.42. The number of fused-ring (bicyclic) bond motifs is 2. The highest BCUT2D eigenvalue weighted by Gasteiger charge is 2.26. The summed E-state index contributed by atoms with van der Waals surface area (Å²) in [4.78, 5) is 28.8. The van der Waals surface area contributed by atoms with Crippen LogP contribution in [-0.4, -0.2) is 60.2 Å². The van der Waals surface area contributed by atoms with Gasteiger partial charge in [0.2, 0.25) is 0 Å². The Morgan fingerprint density at radius 2 is 1.95 bits per heavy atom. The molecular formula is C26H27FN8O2. The van der Waals surface area contributed by atoms with Gasteiger partial charge in [0, 0.05) is 50.2 Å². The van der Waals surface area contributed by atoms with E-state index >= 15 is 0 Å². The Balaban J connectivity index is 1.60. The molecule has 1 saturated heterocycles. The average molecular weight is 503 g/mol. The van der Waals surface area contributed by atoms with E-state index < -0.39 is 6.17 Å². The van der Waals surface area contributed by atoms with E-state index in [1.807, 2.05) is 24.0 Å². The van der Waals surface area contributed by atoms with Gasteiger partial charge >= 0.3 is 5.69 Å². The van der Waals surface area contributed by atoms with Crippen molar-refractivity contribution in [3.63, 3.8) is 0 Å². The lowest BCUT2D eigenvalue weighted by atomic mass is 10.1. The van der Waals surface area contributed by atoms with Crippen molar-refractivity contribution in [2.45, 2.75) is 25.9 Å². The topological polar surface area (TPSA) is 95.9 Å². The predicted octanol–water partition coefficient (Wildman–Crippen LogP) is 3.32. The molecule has 10 nitrogen and oxygen atoms in total. The molecule has 6 rings (SSSR count). The molecule has 5 aromatic heterocycles. The molecule has 190 valence electrons. The third-order valence-corrected chi connectivity index (χ3v) is 7.13. The fraction of sp³-hybridized carbons (Fsp3) is 0.346. The van der Waals surface area contributed by atoms with Gasteiger partial charge in [0.15, 0.2) is 11.6 Å². The number of pyridine rings is 3. The van der Waals surface area contributed by atoms with Crippen LogP contribution in [0, 0.1) is 6.92 Å². The largest absolute Gasteiger partial charge is 0.496 e. The molecule has 0 aliphatic carbocycles. The predicted molar refractivity (Wildman–Crippen MR) is 139 cm³/mol. The van der Waals surface area contributed by atoms with Crippen molar-refractivity contribution < 1.29 is 9.13 Å². The Morgan fingerprint density at radius 3 is 2.73 bits per heavy atom. The van der Waals surface area contributed by atoms with Crippen molar-refractivity contribution in [2.75, 3.05) is 25.1 Å². The molecule has 0 radical (unpaired) electrons. The maximum atomic E-state index is 14.4. The standard InChI is InChI=1S/C26H27FN8O2/c1-15-17-13-29-35(20(17)10-19(30-15)18-12-28-8-7-22(18)37-4)23-11-21-24(33(3)26(36)32(21)2)25(31-23)34-9-5-6-16(27)14-34/h7-8,10-13,16H,5-6,9,14H2,1-4H3. The van der Waals surface area contributed by atoms with Crippen LogP contribution in [0.4, 0.5) is 10.2 Å². The number of anilines is 1. The van der Waals surface area contributed by atoms with Crippen molar-refractivity contribution in [2.24, 2.45) is 14.1 Å². The van der Waals surface area contributed by atoms with E-state index in [4.69, 9.17) is 14.7 Å². The molecule has 1 atom stereocenters. The van der Waals surface area contributed by atoms with Crippen LogP contribution in [0.1, 0.15) is 18.5 Å². The molecule has 0 N–H and O–H groups in total. The fourth-order valence-electron chi connectivity index (χ4n) is 5.20. The molecule has 0 aromatic carbocycles. The summed E-state index contributed by atoms with van der Waals surface area (Å²) in [6, 6.07) is 5.58. The quantitative estimate of drug-likeness (QED) is 0.372. The minimum Gasteiger partial charge on any atom is -0.496 e. The second kappa shape index (κ2) is 8.68. The van der Waals surface area contributed by atoms with Crippen LogP contribution in [0.5, 0.6) is 5.75 Å². The van der Waals surface area contributed by atoms with Crippen molar-refractivity contribution in [1.82, 2.24) is 33.9 Å². The van der Waals surface area contributed by atoms with Crippen molar-refractivity contribution in [3.8, 4) is 22.8 Å². The summed E-state index contributed by atoms with van der Waals surface area (Å²) in [5.74, 6) is 1.78. The van der Waals surface area contributed by atoms with Crippen LogP contribution in [0.25, 0.3) is 39.0 Å². The number of aryl methyl sites for hydroxylation is 3. The molecule has 37 heavy (non-hydrogen) atoms. The third-order valence-electron chi connectivity index (χ3n) is 7.13. The number of imidazole rings is 1. The molecule has 1 unspecified atom stereocenters. The molecule has 1 aliphatic heterocycles. The van der Waals surface area contributed by atoms with Crippen LogP contribution in [-0.2, 0) is 14.1 Å². The minimum atomic E-state index is -0.939. The summed E-state index contributed by atoms with van der Waals surface area (Å²) < 4.78 is 24.9. The number of aromatic nitrogens is 7. The van der Waals surface area contributed by atoms with Crippen molar-refractivity contribution in [3.05, 3.63) is 53.0 Å². The zero-order chi connectivity index (χ0) is 25.8. The van der Waals surface area contributed by atoms with Crippen LogP contribution in [0.3, 0.4) is 0 Å². The van der Waals surface area contributed by atoms with Crippen molar-refractivity contribution in [1.29, 1.82) is 0 Å². The van der Waals surface area contributed by atoms with Gasteiger partial charge in [-0.2, -0.15) is 5.10 Å². The van der Waals surface area contributed by atoms with Crippen LogP contribution < -0.4 is 15.3 Å². The van der Waals surface area contributed by atoms with Gasteiger partial charge in [-0.15, -0.1) is 0 Å². The molecule has 0 saturated carbocycles. The smallest absolute Gasteiger partial charge is 0.328 e. The van der Waals surface area contributed by atoms with Gasteiger partial charge < -0.3 is 9.64 Å². The summed E-state index contributed by atoms with van der Waals surface area (Å²) in [6.45, 7) is 2.84. The molecule has 1 fully saturated rings. The Morgan fingerprint density at radius 1 is 1.11 bits per heavy atom. The van der Waals surface area contributed by atoms with E-state index in [1.54, 1.807) is 59.7 Å². The van der Waals surface area contributed by atoms with E-state index in [0.29, 0.717) is 47.1 Å². The number of methoxy groups -OCH3 is 1. The number of nitrogens with zero attached hydrogens (tertiary/aromatic N) is 8. The van der Waals surface area contributed by atoms with Gasteiger partial charge in [0.05, 0.1) is 42.1 Å². The summed E-state index contributed by atoms with van der Waals surface area (Å²) in [5, 5.41) is 5.53. The summed E-state index contributed by atoms with van der Waals surface area (Å²) in [7, 11) is 5.06. The number of piperidine rings is 1. The van der Waals surface area contributed by atoms with E-state index in [0.717, 1.165) is 28.6 Å². The average Bonchev–Trinajstić information content (AvgIpc) is 3.44. The number of rotatable bonds is 4. The molecule has 5 aromatic rings. The van der Waals surface area contributed by atoms with Crippen LogP contribution >= 0.6 is 0 Å². The van der Waals surface area contributed by atoms with Gasteiger partial charge in [0.25, 0.3) is 0 Å². The number of ether oxygens (including phenoxy) is 1. The molecule has 0 spiro atoms. The van der Waals surface area contributed by atoms with Gasteiger partial charge in [-0.1, -0.05) is 0 Å². The first-order valence-electron chi connectivity index (χ1n) is 12.2. The summed E-state index contributed by atoms with van der Waals surface area (Å²) >= 11 is 0. The van der Waals surface area contributed by atoms with Crippen molar-refractivity contribution >= 4 is 27.8 Å². The van der Waals surface area contributed by atoms with Gasteiger partial charge in [-0.3, -0.25) is 19.1 Å². The van der Waals surface area contributed by atoms with Crippen LogP contribution in [0.15, 0.2) is 41.6 Å². The van der Waals surface area contributed by atoms with E-state index in [9.17, 15) is 9.18 Å². The summed E-state index contributed by atoms with van der Waals surface area (Å²) in [6.07, 6.45) is 5.47. The van der Waals surface area contributed by atoms with Gasteiger partial charge in [0.1, 0.15) is 17.4 Å². The summed E-state index contributed by atoms with van der Waals surface area (Å²) in [5.41, 5.74) is 4.28.